The Balaban J connectivity index is 2.27. The van der Waals surface area contributed by atoms with Crippen molar-refractivity contribution in [3.05, 3.63) is 0 Å². The van der Waals surface area contributed by atoms with Crippen molar-refractivity contribution >= 4 is 18.3 Å². The van der Waals surface area contributed by atoms with Crippen molar-refractivity contribution in [1.29, 1.82) is 0 Å². The van der Waals surface area contributed by atoms with Gasteiger partial charge < -0.3 is 0 Å². The van der Waals surface area contributed by atoms with Gasteiger partial charge in [-0.2, -0.15) is 0 Å². The summed E-state index contributed by atoms with van der Waals surface area (Å²) < 4.78 is 0.910. The van der Waals surface area contributed by atoms with Crippen molar-refractivity contribution in [3.8, 4) is 0 Å². The van der Waals surface area contributed by atoms with E-state index in [9.17, 15) is 0 Å². The SMILES string of the molecule is CCS[NH+]1C=NN=N1. The molecule has 4 nitrogen and oxygen atoms in total. The van der Waals surface area contributed by atoms with Crippen molar-refractivity contribution in [2.24, 2.45) is 15.5 Å². The van der Waals surface area contributed by atoms with Crippen LogP contribution in [-0.2, 0) is 0 Å². The molecule has 0 saturated carbocycles. The molecule has 0 bridgehead atoms. The zero-order chi connectivity index (χ0) is 5.82. The van der Waals surface area contributed by atoms with Gasteiger partial charge in [0.15, 0.2) is 0 Å². The van der Waals surface area contributed by atoms with E-state index in [1.54, 1.807) is 18.3 Å². The molecular formula is C3H7N4S+. The molecule has 0 radical (unpaired) electrons. The van der Waals surface area contributed by atoms with Gasteiger partial charge >= 0.3 is 0 Å². The van der Waals surface area contributed by atoms with Crippen LogP contribution in [0, 0.1) is 0 Å². The molecule has 0 aromatic rings. The summed E-state index contributed by atoms with van der Waals surface area (Å²) in [5, 5.41) is 10.7. The smallest absolute Gasteiger partial charge is 0.0849 e. The van der Waals surface area contributed by atoms with Crippen LogP contribution in [-0.4, -0.2) is 12.1 Å². The summed E-state index contributed by atoms with van der Waals surface area (Å²) in [6, 6.07) is 0. The van der Waals surface area contributed by atoms with Crippen LogP contribution in [0.2, 0.25) is 0 Å². The second kappa shape index (κ2) is 2.78. The normalized spacial score (nSPS) is 24.9. The lowest BCUT2D eigenvalue weighted by atomic mass is 11.0. The van der Waals surface area contributed by atoms with Gasteiger partial charge in [-0.15, -0.1) is 0 Å². The first-order valence-electron chi connectivity index (χ1n) is 2.37. The van der Waals surface area contributed by atoms with Crippen molar-refractivity contribution < 1.29 is 4.41 Å². The lowest BCUT2D eigenvalue weighted by molar-refractivity contribution is -0.647. The summed E-state index contributed by atoms with van der Waals surface area (Å²) in [5.74, 6) is 1.03. The maximum absolute atomic E-state index is 3.71. The van der Waals surface area contributed by atoms with Gasteiger partial charge in [0.05, 0.1) is 5.22 Å². The highest BCUT2D eigenvalue weighted by Crippen LogP contribution is 1.85. The van der Waals surface area contributed by atoms with Crippen LogP contribution >= 0.6 is 11.9 Å². The van der Waals surface area contributed by atoms with Gasteiger partial charge in [0.2, 0.25) is 6.34 Å². The summed E-state index contributed by atoms with van der Waals surface area (Å²) in [7, 11) is 0. The fourth-order valence-electron chi connectivity index (χ4n) is 0.385. The highest BCUT2D eigenvalue weighted by molar-refractivity contribution is 7.93. The topological polar surface area (TPSA) is 41.5 Å². The van der Waals surface area contributed by atoms with Crippen molar-refractivity contribution in [2.45, 2.75) is 6.92 Å². The molecule has 44 valence electrons. The van der Waals surface area contributed by atoms with Crippen LogP contribution in [0.25, 0.3) is 0 Å². The van der Waals surface area contributed by atoms with E-state index in [-0.39, 0.29) is 0 Å². The summed E-state index contributed by atoms with van der Waals surface area (Å²) >= 11 is 1.65. The van der Waals surface area contributed by atoms with Crippen LogP contribution < -0.4 is 4.41 Å². The first kappa shape index (κ1) is 5.71. The average Bonchev–Trinajstić information content (AvgIpc) is 2.19. The molecule has 0 amide bonds. The van der Waals surface area contributed by atoms with E-state index in [4.69, 9.17) is 0 Å². The molecule has 0 aromatic carbocycles. The number of rotatable bonds is 2. The van der Waals surface area contributed by atoms with E-state index in [0.29, 0.717) is 0 Å². The van der Waals surface area contributed by atoms with Crippen molar-refractivity contribution in [3.63, 3.8) is 0 Å². The van der Waals surface area contributed by atoms with E-state index in [1.807, 2.05) is 0 Å². The molecule has 1 aliphatic rings. The Morgan fingerprint density at radius 1 is 1.75 bits per heavy atom. The number of hydrogen-bond acceptors (Lipinski definition) is 4. The second-order valence-corrected chi connectivity index (χ2v) is 2.49. The monoisotopic (exact) mass is 131 g/mol. The van der Waals surface area contributed by atoms with Gasteiger partial charge in [-0.3, -0.25) is 0 Å². The van der Waals surface area contributed by atoms with E-state index in [1.165, 1.54) is 0 Å². The molecule has 0 aliphatic carbocycles. The standard InChI is InChI=1S/C3H6N4S/c1-2-8-7-3-4-5-6-7/h3H,2H2,1H3/p+1. The van der Waals surface area contributed by atoms with Gasteiger partial charge in [0.25, 0.3) is 0 Å². The molecule has 1 heterocycles. The number of nitrogens with zero attached hydrogens (tertiary/aromatic N) is 3. The predicted octanol–water partition coefficient (Wildman–Crippen LogP) is -0.137. The zero-order valence-electron chi connectivity index (χ0n) is 4.53. The fourth-order valence-corrected chi connectivity index (χ4v) is 0.897. The highest BCUT2D eigenvalue weighted by Gasteiger charge is 2.07. The summed E-state index contributed by atoms with van der Waals surface area (Å²) in [5.41, 5.74) is 0. The molecule has 1 aliphatic heterocycles. The van der Waals surface area contributed by atoms with Crippen LogP contribution in [0.15, 0.2) is 15.5 Å². The Hall–Kier alpha value is -0.420. The largest absolute Gasteiger partial charge is 0.250 e. The molecule has 0 fully saturated rings. The molecule has 1 N–H and O–H groups in total. The second-order valence-electron chi connectivity index (χ2n) is 1.21. The number of quaternary nitrogens is 1. The minimum absolute atomic E-state index is 0.910. The maximum atomic E-state index is 3.71. The molecule has 8 heavy (non-hydrogen) atoms. The van der Waals surface area contributed by atoms with Crippen LogP contribution in [0.5, 0.6) is 0 Å². The van der Waals surface area contributed by atoms with E-state index in [0.717, 1.165) is 10.2 Å². The Kier molecular flexibility index (Phi) is 1.99. The minimum Gasteiger partial charge on any atom is -0.0849 e. The van der Waals surface area contributed by atoms with Gasteiger partial charge in [-0.05, 0) is 0 Å². The summed E-state index contributed by atoms with van der Waals surface area (Å²) in [4.78, 5) is 0. The van der Waals surface area contributed by atoms with Gasteiger partial charge in [0.1, 0.15) is 11.9 Å². The Labute approximate surface area is 51.8 Å². The molecular weight excluding hydrogens is 124 g/mol. The zero-order valence-corrected chi connectivity index (χ0v) is 5.35. The van der Waals surface area contributed by atoms with E-state index in [2.05, 4.69) is 22.5 Å². The molecule has 5 heteroatoms. The van der Waals surface area contributed by atoms with Gasteiger partial charge in [-0.1, -0.05) is 16.4 Å². The molecule has 1 atom stereocenters. The predicted molar refractivity (Wildman–Crippen MR) is 32.4 cm³/mol. The average molecular weight is 131 g/mol. The molecule has 1 unspecified atom stereocenters. The summed E-state index contributed by atoms with van der Waals surface area (Å²) in [6.45, 7) is 2.07. The Bertz CT molecular complexity index is 108. The van der Waals surface area contributed by atoms with E-state index < -0.39 is 0 Å². The highest BCUT2D eigenvalue weighted by atomic mass is 32.2. The third kappa shape index (κ3) is 1.28. The lowest BCUT2D eigenvalue weighted by Gasteiger charge is -1.91. The molecule has 1 rings (SSSR count). The number of hydrogen-bond donors (Lipinski definition) is 1. The van der Waals surface area contributed by atoms with E-state index >= 15 is 0 Å². The van der Waals surface area contributed by atoms with Crippen LogP contribution in [0.1, 0.15) is 6.92 Å². The first-order valence-corrected chi connectivity index (χ1v) is 3.36. The third-order valence-electron chi connectivity index (χ3n) is 0.655. The molecule has 0 spiro atoms. The summed E-state index contributed by atoms with van der Waals surface area (Å²) in [6.07, 6.45) is 1.66. The fraction of sp³-hybridized carbons (Fsp3) is 0.667. The third-order valence-corrected chi connectivity index (χ3v) is 1.43. The van der Waals surface area contributed by atoms with Gasteiger partial charge in [-0.25, -0.2) is 0 Å². The Morgan fingerprint density at radius 3 is 3.12 bits per heavy atom. The lowest BCUT2D eigenvalue weighted by Crippen LogP contribution is -2.98. The first-order chi connectivity index (χ1) is 3.93. The van der Waals surface area contributed by atoms with Crippen LogP contribution in [0.4, 0.5) is 0 Å². The van der Waals surface area contributed by atoms with Gasteiger partial charge in [0, 0.05) is 11.0 Å². The van der Waals surface area contributed by atoms with Crippen LogP contribution in [0.3, 0.4) is 0 Å². The van der Waals surface area contributed by atoms with Crippen molar-refractivity contribution in [2.75, 3.05) is 5.75 Å². The minimum atomic E-state index is 0.910. The Morgan fingerprint density at radius 2 is 2.62 bits per heavy atom. The number of nitrogens with one attached hydrogen (secondary N) is 1. The molecule has 0 aromatic heterocycles. The maximum Gasteiger partial charge on any atom is 0.250 e. The quantitative estimate of drug-likeness (QED) is 0.521. The van der Waals surface area contributed by atoms with Crippen molar-refractivity contribution in [1.82, 2.24) is 0 Å². The molecule has 0 saturated heterocycles.